The summed E-state index contributed by atoms with van der Waals surface area (Å²) in [6.07, 6.45) is 6.24. The van der Waals surface area contributed by atoms with Crippen molar-refractivity contribution in [3.8, 4) is 0 Å². The molecule has 18 nitrogen and oxygen atoms in total. The first-order valence-corrected chi connectivity index (χ1v) is 15.0. The normalized spacial score (nSPS) is 18.3. The Bertz CT molecular complexity index is 1650. The van der Waals surface area contributed by atoms with Crippen LogP contribution in [0.3, 0.4) is 0 Å². The number of thioether (sulfide) groups is 1. The minimum absolute atomic E-state index is 0.000652. The highest BCUT2D eigenvalue weighted by Crippen LogP contribution is 2.40. The van der Waals surface area contributed by atoms with E-state index >= 15 is 0 Å². The number of nitrogens with one attached hydrogen (secondary N) is 2. The number of thiazole rings is 1. The number of carboxylic acid groups (broad SMARTS) is 2. The largest absolute Gasteiger partial charge is 0.478 e. The van der Waals surface area contributed by atoms with Crippen molar-refractivity contribution in [2.24, 2.45) is 5.16 Å². The third kappa shape index (κ3) is 7.19. The Morgan fingerprint density at radius 2 is 2.04 bits per heavy atom. The highest BCUT2D eigenvalue weighted by molar-refractivity contribution is 8.00. The van der Waals surface area contributed by atoms with E-state index in [-0.39, 0.29) is 47.1 Å². The van der Waals surface area contributed by atoms with Gasteiger partial charge in [0, 0.05) is 11.1 Å². The van der Waals surface area contributed by atoms with Crippen LogP contribution in [0.5, 0.6) is 0 Å². The molecule has 1 fully saturated rings. The number of oxime groups is 1. The number of carbonyl (C=O) groups is 5. The zero-order valence-electron chi connectivity index (χ0n) is 23.9. The van der Waals surface area contributed by atoms with Gasteiger partial charge in [-0.2, -0.15) is 0 Å². The minimum atomic E-state index is -1.78. The van der Waals surface area contributed by atoms with E-state index in [0.717, 1.165) is 16.2 Å². The first kappa shape index (κ1) is 32.8. The second-order valence-corrected chi connectivity index (χ2v) is 12.0. The van der Waals surface area contributed by atoms with Gasteiger partial charge >= 0.3 is 11.9 Å². The van der Waals surface area contributed by atoms with E-state index in [1.165, 1.54) is 37.3 Å². The lowest BCUT2D eigenvalue weighted by Crippen LogP contribution is -2.71. The highest BCUT2D eigenvalue weighted by Gasteiger charge is 2.54. The number of hydrogen-bond acceptors (Lipinski definition) is 13. The molecule has 11 N–H and O–H groups in total. The number of anilines is 3. The van der Waals surface area contributed by atoms with Gasteiger partial charge in [0.15, 0.2) is 23.1 Å². The Morgan fingerprint density at radius 3 is 2.67 bits per heavy atom. The van der Waals surface area contributed by atoms with Crippen molar-refractivity contribution >= 4 is 75.1 Å². The summed E-state index contributed by atoms with van der Waals surface area (Å²) < 4.78 is 1.61. The summed E-state index contributed by atoms with van der Waals surface area (Å²) in [5.74, 6) is -4.26. The fourth-order valence-corrected chi connectivity index (χ4v) is 5.84. The molecule has 2 aromatic heterocycles. The van der Waals surface area contributed by atoms with E-state index < -0.39 is 46.5 Å². The number of carboxylic acids is 2. The Hall–Kier alpha value is -5.08. The molecule has 0 spiro atoms. The van der Waals surface area contributed by atoms with Crippen LogP contribution in [0.4, 0.5) is 16.6 Å². The molecular weight excluding hydrogens is 632 g/mol. The molecule has 2 unspecified atom stereocenters. The van der Waals surface area contributed by atoms with Gasteiger partial charge in [0.1, 0.15) is 35.5 Å². The predicted octanol–water partition coefficient (Wildman–Crippen LogP) is -2.25. The van der Waals surface area contributed by atoms with Gasteiger partial charge in [0.05, 0.1) is 0 Å². The second kappa shape index (κ2) is 13.3. The van der Waals surface area contributed by atoms with Crippen molar-refractivity contribution in [3.63, 3.8) is 0 Å². The molecule has 0 aromatic carbocycles. The molecule has 2 aliphatic heterocycles. The van der Waals surface area contributed by atoms with Crippen LogP contribution in [0.15, 0.2) is 46.5 Å². The Kier molecular flexibility index (Phi) is 9.69. The zero-order valence-corrected chi connectivity index (χ0v) is 25.6. The molecule has 4 heterocycles. The maximum absolute atomic E-state index is 13.2. The van der Waals surface area contributed by atoms with Crippen molar-refractivity contribution in [1.29, 1.82) is 0 Å². The molecule has 1 saturated heterocycles. The van der Waals surface area contributed by atoms with Crippen LogP contribution in [0, 0.1) is 0 Å². The summed E-state index contributed by atoms with van der Waals surface area (Å²) in [7, 11) is 0. The summed E-state index contributed by atoms with van der Waals surface area (Å²) >= 11 is 2.24. The van der Waals surface area contributed by atoms with Gasteiger partial charge in [0.25, 0.3) is 29.9 Å². The van der Waals surface area contributed by atoms with Crippen molar-refractivity contribution in [3.05, 3.63) is 47.0 Å². The fourth-order valence-electron chi connectivity index (χ4n) is 3.98. The molecule has 4 rings (SSSR count). The number of nitrogens with two attached hydrogens (primary N) is 2. The molecule has 0 radical (unpaired) electrons. The Balaban J connectivity index is 1.50. The zero-order chi connectivity index (χ0) is 33.1. The van der Waals surface area contributed by atoms with Gasteiger partial charge in [-0.1, -0.05) is 11.2 Å². The maximum atomic E-state index is 13.2. The first-order chi connectivity index (χ1) is 21.2. The number of hydrogen-bond donors (Lipinski definition) is 7. The molecule has 2 aliphatic rings. The van der Waals surface area contributed by atoms with Crippen LogP contribution in [-0.2, 0) is 35.4 Å². The molecule has 3 amide bonds. The van der Waals surface area contributed by atoms with E-state index in [2.05, 4.69) is 31.5 Å². The smallest absolute Gasteiger partial charge is 0.352 e. The van der Waals surface area contributed by atoms with Crippen LogP contribution < -0.4 is 32.4 Å². The van der Waals surface area contributed by atoms with Crippen LogP contribution in [-0.4, -0.2) is 89.8 Å². The first-order valence-electron chi connectivity index (χ1n) is 13.1. The van der Waals surface area contributed by atoms with Gasteiger partial charge in [-0.25, -0.2) is 19.1 Å². The van der Waals surface area contributed by atoms with Gasteiger partial charge < -0.3 is 42.9 Å². The third-order valence-electron chi connectivity index (χ3n) is 6.40. The van der Waals surface area contributed by atoms with Crippen LogP contribution in [0.1, 0.15) is 19.5 Å². The quantitative estimate of drug-likeness (QED) is 0.0548. The number of quaternary nitrogens is 1. The lowest BCUT2D eigenvalue weighted by Gasteiger charge is -2.49. The Labute approximate surface area is 263 Å². The minimum Gasteiger partial charge on any atom is -0.478 e. The number of carbonyl (C=O) groups excluding carboxylic acids is 3. The second-order valence-electron chi connectivity index (χ2n) is 10.0. The summed E-state index contributed by atoms with van der Waals surface area (Å²) in [6.45, 7) is 2.71. The molecule has 2 atom stereocenters. The summed E-state index contributed by atoms with van der Waals surface area (Å²) in [6, 6.07) is -1.11. The number of fused-ring (bicyclic) bond motifs is 1. The number of nitrogen functional groups attached to an aromatic ring is 2. The molecule has 0 saturated carbocycles. The summed E-state index contributed by atoms with van der Waals surface area (Å²) in [5, 5.41) is 28.9. The number of β-lactam (4-membered cyclic amide) rings is 1. The van der Waals surface area contributed by atoms with Crippen LogP contribution >= 0.6 is 23.1 Å². The average Bonchev–Trinajstić information content (AvgIpc) is 3.42. The highest BCUT2D eigenvalue weighted by atomic mass is 32.2. The standard InChI is InChI=1S/C25H28N10O8S2/c1-25(2,23(41)42)43-33-15(13-9-45-24(28)31-13)19(37)32-16-20(38)35-17(22(39)40)11(8-44-21(16)35)4-3-5-34-7-12(18(27)29-10-34)30-14(36)6-26/h3-4,7,9-10,16,21,27H,5-6,8,26H2,1-2H3,(H6,28,30,31,32,36,37,39,40,41,42)/p+2. The van der Waals surface area contributed by atoms with Crippen molar-refractivity contribution < 1.29 is 49.3 Å². The number of aliphatic carboxylic acids is 2. The van der Waals surface area contributed by atoms with Gasteiger partial charge in [0.2, 0.25) is 5.60 Å². The number of aromatic nitrogens is 3. The SMILES string of the molecule is CC(C)(ON=C(C(=O)NC1C(=O)N2C(C(=O)O)=C(C=CC[n+]3cnc(N)c(NC(=O)C[NH3+])c3)CSC12)c1csc(N)n1)C(=O)O. The number of nitrogens with zero attached hydrogens (tertiary/aromatic N) is 5. The van der Waals surface area contributed by atoms with Crippen molar-refractivity contribution in [2.45, 2.75) is 37.4 Å². The monoisotopic (exact) mass is 662 g/mol. The van der Waals surface area contributed by atoms with E-state index in [1.807, 2.05) is 0 Å². The van der Waals surface area contributed by atoms with Gasteiger partial charge in [-0.05, 0) is 30.5 Å². The average molecular weight is 663 g/mol. The topological polar surface area (TPSA) is 284 Å². The Morgan fingerprint density at radius 1 is 1.31 bits per heavy atom. The van der Waals surface area contributed by atoms with Gasteiger partial charge in [-0.15, -0.1) is 23.1 Å². The lowest BCUT2D eigenvalue weighted by molar-refractivity contribution is -0.689. The van der Waals surface area contributed by atoms with Crippen molar-refractivity contribution in [2.75, 3.05) is 29.1 Å². The molecular formula is C25H30N10O8S2+2. The van der Waals surface area contributed by atoms with E-state index in [9.17, 15) is 34.2 Å². The van der Waals surface area contributed by atoms with Crippen LogP contribution in [0.2, 0.25) is 0 Å². The molecule has 0 bridgehead atoms. The molecule has 45 heavy (non-hydrogen) atoms. The van der Waals surface area contributed by atoms with E-state index in [4.69, 9.17) is 16.3 Å². The number of rotatable bonds is 12. The molecule has 20 heteroatoms. The summed E-state index contributed by atoms with van der Waals surface area (Å²) in [4.78, 5) is 76.0. The molecule has 2 aromatic rings. The fraction of sp³-hybridized carbons (Fsp3) is 0.320. The molecule has 0 aliphatic carbocycles. The lowest BCUT2D eigenvalue weighted by atomic mass is 10.0. The van der Waals surface area contributed by atoms with Crippen LogP contribution in [0.25, 0.3) is 0 Å². The van der Waals surface area contributed by atoms with Gasteiger partial charge in [-0.3, -0.25) is 19.3 Å². The number of allylic oxidation sites excluding steroid dienone is 2. The third-order valence-corrected chi connectivity index (χ3v) is 8.38. The molecule has 238 valence electrons. The van der Waals surface area contributed by atoms with E-state index in [1.54, 1.807) is 22.9 Å². The van der Waals surface area contributed by atoms with Crippen molar-refractivity contribution in [1.82, 2.24) is 20.2 Å². The van der Waals surface area contributed by atoms with E-state index in [0.29, 0.717) is 11.3 Å². The summed E-state index contributed by atoms with van der Waals surface area (Å²) in [5.41, 5.74) is 13.2. The maximum Gasteiger partial charge on any atom is 0.352 e. The predicted molar refractivity (Wildman–Crippen MR) is 160 cm³/mol. The number of amides is 3.